The highest BCUT2D eigenvalue weighted by atomic mass is 32.2. The highest BCUT2D eigenvalue weighted by molar-refractivity contribution is 7.87. The van der Waals surface area contributed by atoms with Crippen LogP contribution < -0.4 is 4.18 Å². The zero-order valence-electron chi connectivity index (χ0n) is 13.9. The van der Waals surface area contributed by atoms with Crippen molar-refractivity contribution in [1.82, 2.24) is 0 Å². The molecule has 0 aliphatic heterocycles. The Balaban J connectivity index is 2.57. The quantitative estimate of drug-likeness (QED) is 0.792. The molecule has 4 heteroatoms. The van der Waals surface area contributed by atoms with Crippen molar-refractivity contribution < 1.29 is 12.6 Å². The van der Waals surface area contributed by atoms with E-state index in [4.69, 9.17) is 4.18 Å². The van der Waals surface area contributed by atoms with Crippen LogP contribution in [0.25, 0.3) is 0 Å². The Morgan fingerprint density at radius 2 is 1.09 bits per heavy atom. The number of hydrogen-bond acceptors (Lipinski definition) is 3. The van der Waals surface area contributed by atoms with Gasteiger partial charge in [-0.1, -0.05) is 17.7 Å². The lowest BCUT2D eigenvalue weighted by molar-refractivity contribution is 0.484. The fourth-order valence-electron chi connectivity index (χ4n) is 2.60. The Morgan fingerprint density at radius 1 is 0.682 bits per heavy atom. The molecule has 0 N–H and O–H groups in total. The maximum absolute atomic E-state index is 12.7. The molecule has 0 amide bonds. The van der Waals surface area contributed by atoms with Crippen molar-refractivity contribution in [2.24, 2.45) is 0 Å². The molecule has 118 valence electrons. The summed E-state index contributed by atoms with van der Waals surface area (Å²) >= 11 is 0. The third kappa shape index (κ3) is 2.88. The van der Waals surface area contributed by atoms with Crippen LogP contribution in [0.2, 0.25) is 0 Å². The summed E-state index contributed by atoms with van der Waals surface area (Å²) in [6, 6.07) is 7.00. The molecule has 0 saturated carbocycles. The van der Waals surface area contributed by atoms with Crippen molar-refractivity contribution >= 4 is 10.1 Å². The average molecular weight is 318 g/mol. The van der Waals surface area contributed by atoms with E-state index in [2.05, 4.69) is 0 Å². The molecule has 0 atom stereocenters. The summed E-state index contributed by atoms with van der Waals surface area (Å²) in [4.78, 5) is 0.286. The average Bonchev–Trinajstić information content (AvgIpc) is 2.45. The summed E-state index contributed by atoms with van der Waals surface area (Å²) in [5, 5.41) is 0. The van der Waals surface area contributed by atoms with Crippen molar-refractivity contribution in [3.8, 4) is 5.75 Å². The first-order valence-electron chi connectivity index (χ1n) is 7.23. The molecular formula is C18H22O3S. The monoisotopic (exact) mass is 318 g/mol. The molecule has 2 rings (SSSR count). The van der Waals surface area contributed by atoms with E-state index in [1.165, 1.54) is 0 Å². The second kappa shape index (κ2) is 5.76. The molecule has 3 nitrogen and oxygen atoms in total. The maximum atomic E-state index is 12.7. The predicted molar refractivity (Wildman–Crippen MR) is 89.1 cm³/mol. The highest BCUT2D eigenvalue weighted by Crippen LogP contribution is 2.31. The Morgan fingerprint density at radius 3 is 1.55 bits per heavy atom. The number of aryl methyl sites for hydroxylation is 1. The van der Waals surface area contributed by atoms with Crippen molar-refractivity contribution in [1.29, 1.82) is 0 Å². The van der Waals surface area contributed by atoms with E-state index in [0.717, 1.165) is 33.4 Å². The van der Waals surface area contributed by atoms with Gasteiger partial charge in [0.25, 0.3) is 0 Å². The van der Waals surface area contributed by atoms with Crippen LogP contribution in [0.5, 0.6) is 5.75 Å². The Labute approximate surface area is 133 Å². The third-order valence-corrected chi connectivity index (χ3v) is 5.93. The summed E-state index contributed by atoms with van der Waals surface area (Å²) in [5.41, 5.74) is 5.69. The van der Waals surface area contributed by atoms with Gasteiger partial charge in [-0.25, -0.2) is 0 Å². The first-order valence-corrected chi connectivity index (χ1v) is 8.64. The minimum Gasteiger partial charge on any atom is -0.379 e. The van der Waals surface area contributed by atoms with Gasteiger partial charge < -0.3 is 4.18 Å². The Kier molecular flexibility index (Phi) is 4.34. The zero-order valence-corrected chi connectivity index (χ0v) is 14.8. The summed E-state index contributed by atoms with van der Waals surface area (Å²) in [5.74, 6) is 0.334. The fraction of sp³-hybridized carbons (Fsp3) is 0.333. The molecule has 0 aliphatic carbocycles. The number of benzene rings is 2. The van der Waals surface area contributed by atoms with Crippen molar-refractivity contribution in [2.75, 3.05) is 0 Å². The van der Waals surface area contributed by atoms with Crippen LogP contribution in [0.1, 0.15) is 33.4 Å². The van der Waals surface area contributed by atoms with Gasteiger partial charge in [0.2, 0.25) is 0 Å². The van der Waals surface area contributed by atoms with Gasteiger partial charge in [0.05, 0.1) is 0 Å². The maximum Gasteiger partial charge on any atom is 0.339 e. The molecule has 0 aromatic heterocycles. The number of rotatable bonds is 3. The van der Waals surface area contributed by atoms with Crippen LogP contribution in [0.15, 0.2) is 29.2 Å². The zero-order chi connectivity index (χ0) is 16.7. The van der Waals surface area contributed by atoms with Crippen molar-refractivity contribution in [2.45, 2.75) is 46.4 Å². The second-order valence-corrected chi connectivity index (χ2v) is 7.29. The van der Waals surface area contributed by atoms with Crippen LogP contribution in [0.4, 0.5) is 0 Å². The summed E-state index contributed by atoms with van der Waals surface area (Å²) in [6.45, 7) is 11.5. The Hall–Kier alpha value is -1.81. The minimum atomic E-state index is -3.85. The first-order chi connectivity index (χ1) is 10.1. The standard InChI is InChI=1S/C18H22O3S/c1-11-7-9-17(10-8-11)21-22(19,20)18-15(5)13(3)12(2)14(4)16(18)6/h7-10H,1-6H3. The largest absolute Gasteiger partial charge is 0.379 e. The molecule has 0 spiro atoms. The molecule has 0 bridgehead atoms. The molecule has 2 aromatic rings. The second-order valence-electron chi connectivity index (χ2n) is 5.80. The van der Waals surface area contributed by atoms with E-state index >= 15 is 0 Å². The van der Waals surface area contributed by atoms with Gasteiger partial charge in [-0.05, 0) is 81.5 Å². The molecular weight excluding hydrogens is 296 g/mol. The normalized spacial score (nSPS) is 11.5. The topological polar surface area (TPSA) is 43.4 Å². The summed E-state index contributed by atoms with van der Waals surface area (Å²) in [7, 11) is -3.85. The van der Waals surface area contributed by atoms with Crippen LogP contribution >= 0.6 is 0 Å². The molecule has 0 aliphatic rings. The molecule has 22 heavy (non-hydrogen) atoms. The smallest absolute Gasteiger partial charge is 0.339 e. The van der Waals surface area contributed by atoms with Crippen molar-refractivity contribution in [3.63, 3.8) is 0 Å². The fourth-order valence-corrected chi connectivity index (χ4v) is 4.11. The number of hydrogen-bond donors (Lipinski definition) is 0. The minimum absolute atomic E-state index is 0.286. The highest BCUT2D eigenvalue weighted by Gasteiger charge is 2.25. The van der Waals surface area contributed by atoms with E-state index in [-0.39, 0.29) is 4.90 Å². The van der Waals surface area contributed by atoms with Crippen molar-refractivity contribution in [3.05, 3.63) is 57.6 Å². The molecule has 2 aromatic carbocycles. The summed E-state index contributed by atoms with van der Waals surface area (Å²) in [6.07, 6.45) is 0. The van der Waals surface area contributed by atoms with E-state index in [9.17, 15) is 8.42 Å². The van der Waals surface area contributed by atoms with E-state index in [0.29, 0.717) is 5.75 Å². The van der Waals surface area contributed by atoms with Crippen LogP contribution in [0, 0.1) is 41.5 Å². The van der Waals surface area contributed by atoms with E-state index < -0.39 is 10.1 Å². The van der Waals surface area contributed by atoms with Gasteiger partial charge in [-0.15, -0.1) is 0 Å². The van der Waals surface area contributed by atoms with Gasteiger partial charge in [0.15, 0.2) is 0 Å². The van der Waals surface area contributed by atoms with Crippen LogP contribution in [0.3, 0.4) is 0 Å². The van der Waals surface area contributed by atoms with Gasteiger partial charge in [0.1, 0.15) is 10.6 Å². The third-order valence-electron chi connectivity index (χ3n) is 4.41. The predicted octanol–water partition coefficient (Wildman–Crippen LogP) is 4.30. The van der Waals surface area contributed by atoms with E-state index in [1.807, 2.05) is 53.7 Å². The molecule has 0 fully saturated rings. The van der Waals surface area contributed by atoms with Gasteiger partial charge in [-0.2, -0.15) is 8.42 Å². The van der Waals surface area contributed by atoms with Crippen LogP contribution in [-0.4, -0.2) is 8.42 Å². The molecule has 0 unspecified atom stereocenters. The lowest BCUT2D eigenvalue weighted by atomic mass is 9.95. The lowest BCUT2D eigenvalue weighted by Crippen LogP contribution is -2.15. The molecule has 0 radical (unpaired) electrons. The summed E-state index contributed by atoms with van der Waals surface area (Å²) < 4.78 is 30.8. The van der Waals surface area contributed by atoms with Gasteiger partial charge >= 0.3 is 10.1 Å². The van der Waals surface area contributed by atoms with Crippen LogP contribution in [-0.2, 0) is 10.1 Å². The molecule has 0 heterocycles. The SMILES string of the molecule is Cc1ccc(OS(=O)(=O)c2c(C)c(C)c(C)c(C)c2C)cc1. The lowest BCUT2D eigenvalue weighted by Gasteiger charge is -2.18. The first kappa shape index (κ1) is 16.6. The molecule has 0 saturated heterocycles. The van der Waals surface area contributed by atoms with Gasteiger partial charge in [-0.3, -0.25) is 0 Å². The van der Waals surface area contributed by atoms with E-state index in [1.54, 1.807) is 12.1 Å². The van der Waals surface area contributed by atoms with Gasteiger partial charge in [0, 0.05) is 0 Å². The Bertz CT molecular complexity index is 787.